The van der Waals surface area contributed by atoms with Crippen molar-refractivity contribution in [2.45, 2.75) is 50.4 Å². The van der Waals surface area contributed by atoms with E-state index in [9.17, 15) is 13.6 Å². The summed E-state index contributed by atoms with van der Waals surface area (Å²) in [5, 5.41) is 4.05. The number of carbonyl (C=O) groups excluding carboxylic acids is 1. The van der Waals surface area contributed by atoms with E-state index in [0.717, 1.165) is 42.4 Å². The SMILES string of the molecule is O=C(C[C@@H]1CCc2cc(-c3noc(C4CC4)n3)ccc21)OCC(F)F. The smallest absolute Gasteiger partial charge is 0.306 e. The molecule has 25 heavy (non-hydrogen) atoms. The van der Waals surface area contributed by atoms with Gasteiger partial charge in [-0.05, 0) is 48.8 Å². The van der Waals surface area contributed by atoms with Crippen molar-refractivity contribution in [3.63, 3.8) is 0 Å². The third-order valence-electron chi connectivity index (χ3n) is 4.75. The van der Waals surface area contributed by atoms with Crippen molar-refractivity contribution in [1.82, 2.24) is 10.1 Å². The summed E-state index contributed by atoms with van der Waals surface area (Å²) < 4.78 is 34.1. The number of fused-ring (bicyclic) bond motifs is 1. The lowest BCUT2D eigenvalue weighted by molar-refractivity contribution is -0.148. The van der Waals surface area contributed by atoms with E-state index in [1.54, 1.807) is 0 Å². The van der Waals surface area contributed by atoms with E-state index in [1.165, 1.54) is 0 Å². The molecule has 0 bridgehead atoms. The van der Waals surface area contributed by atoms with Gasteiger partial charge in [-0.25, -0.2) is 8.78 Å². The van der Waals surface area contributed by atoms with Crippen molar-refractivity contribution in [3.8, 4) is 11.4 Å². The Balaban J connectivity index is 1.45. The summed E-state index contributed by atoms with van der Waals surface area (Å²) in [6.45, 7) is -0.835. The first-order chi connectivity index (χ1) is 12.1. The van der Waals surface area contributed by atoms with Crippen LogP contribution < -0.4 is 0 Å². The minimum Gasteiger partial charge on any atom is -0.460 e. The predicted molar refractivity (Wildman–Crippen MR) is 84.4 cm³/mol. The fourth-order valence-corrected chi connectivity index (χ4v) is 3.32. The topological polar surface area (TPSA) is 65.2 Å². The number of carbonyl (C=O) groups is 1. The Morgan fingerprint density at radius 3 is 2.92 bits per heavy atom. The molecule has 5 nitrogen and oxygen atoms in total. The normalized spacial score (nSPS) is 19.2. The van der Waals surface area contributed by atoms with E-state index in [1.807, 2.05) is 18.2 Å². The molecule has 0 N–H and O–H groups in total. The maximum Gasteiger partial charge on any atom is 0.306 e. The second kappa shape index (κ2) is 6.54. The average molecular weight is 348 g/mol. The van der Waals surface area contributed by atoms with Gasteiger partial charge in [0.1, 0.15) is 0 Å². The number of esters is 1. The monoisotopic (exact) mass is 348 g/mol. The summed E-state index contributed by atoms with van der Waals surface area (Å²) in [7, 11) is 0. The molecule has 1 heterocycles. The van der Waals surface area contributed by atoms with Crippen LogP contribution in [0, 0.1) is 0 Å². The zero-order valence-corrected chi connectivity index (χ0v) is 13.6. The van der Waals surface area contributed by atoms with E-state index in [-0.39, 0.29) is 12.3 Å². The largest absolute Gasteiger partial charge is 0.460 e. The zero-order valence-electron chi connectivity index (χ0n) is 13.6. The van der Waals surface area contributed by atoms with Gasteiger partial charge in [-0.15, -0.1) is 0 Å². The molecule has 1 fully saturated rings. The molecule has 4 rings (SSSR count). The summed E-state index contributed by atoms with van der Waals surface area (Å²) in [6.07, 6.45) is 1.36. The minimum absolute atomic E-state index is 0.0153. The number of hydrogen-bond acceptors (Lipinski definition) is 5. The number of hydrogen-bond donors (Lipinski definition) is 0. The quantitative estimate of drug-likeness (QED) is 0.742. The van der Waals surface area contributed by atoms with Gasteiger partial charge in [-0.3, -0.25) is 4.79 Å². The highest BCUT2D eigenvalue weighted by Gasteiger charge is 2.30. The minimum atomic E-state index is -2.63. The Morgan fingerprint density at radius 1 is 1.32 bits per heavy atom. The molecular formula is C18H18F2N2O3. The summed E-state index contributed by atoms with van der Waals surface area (Å²) in [6, 6.07) is 5.92. The van der Waals surface area contributed by atoms with Gasteiger partial charge in [-0.1, -0.05) is 17.3 Å². The molecule has 0 unspecified atom stereocenters. The van der Waals surface area contributed by atoms with E-state index >= 15 is 0 Å². The first kappa shape index (κ1) is 16.2. The van der Waals surface area contributed by atoms with Crippen molar-refractivity contribution in [2.24, 2.45) is 0 Å². The third-order valence-corrected chi connectivity index (χ3v) is 4.75. The standard InChI is InChI=1S/C18H18F2N2O3/c19-15(20)9-24-16(23)8-12-4-3-11-7-13(5-6-14(11)12)17-21-18(25-22-17)10-1-2-10/h5-7,10,12,15H,1-4,8-9H2/t12-/m0/s1. The second-order valence-electron chi connectivity index (χ2n) is 6.66. The van der Waals surface area contributed by atoms with Crippen molar-refractivity contribution < 1.29 is 22.8 Å². The van der Waals surface area contributed by atoms with E-state index in [4.69, 9.17) is 4.52 Å². The highest BCUT2D eigenvalue weighted by molar-refractivity contribution is 5.71. The van der Waals surface area contributed by atoms with Crippen LogP contribution in [0.3, 0.4) is 0 Å². The summed E-state index contributed by atoms with van der Waals surface area (Å²) in [5.41, 5.74) is 3.11. The Bertz CT molecular complexity index is 786. The van der Waals surface area contributed by atoms with E-state index < -0.39 is 19.0 Å². The van der Waals surface area contributed by atoms with Crippen molar-refractivity contribution in [2.75, 3.05) is 6.61 Å². The lowest BCUT2D eigenvalue weighted by atomic mass is 9.97. The summed E-state index contributed by atoms with van der Waals surface area (Å²) >= 11 is 0. The number of ether oxygens (including phenoxy) is 1. The molecule has 0 spiro atoms. The zero-order chi connectivity index (χ0) is 17.4. The van der Waals surface area contributed by atoms with Gasteiger partial charge in [0.2, 0.25) is 11.7 Å². The Morgan fingerprint density at radius 2 is 2.16 bits per heavy atom. The molecule has 1 saturated carbocycles. The predicted octanol–water partition coefficient (Wildman–Crippen LogP) is 3.84. The molecular weight excluding hydrogens is 330 g/mol. The van der Waals surface area contributed by atoms with Gasteiger partial charge in [0, 0.05) is 11.5 Å². The van der Waals surface area contributed by atoms with Crippen LogP contribution in [0.5, 0.6) is 0 Å². The molecule has 132 valence electrons. The van der Waals surface area contributed by atoms with E-state index in [0.29, 0.717) is 17.6 Å². The lowest BCUT2D eigenvalue weighted by Gasteiger charge is -2.11. The van der Waals surface area contributed by atoms with Gasteiger partial charge in [-0.2, -0.15) is 4.98 Å². The fraction of sp³-hybridized carbons (Fsp3) is 0.500. The molecule has 2 aromatic rings. The van der Waals surface area contributed by atoms with Crippen molar-refractivity contribution in [3.05, 3.63) is 35.2 Å². The van der Waals surface area contributed by atoms with Gasteiger partial charge >= 0.3 is 5.97 Å². The number of nitrogens with zero attached hydrogens (tertiary/aromatic N) is 2. The maximum absolute atomic E-state index is 12.1. The highest BCUT2D eigenvalue weighted by Crippen LogP contribution is 2.40. The fourth-order valence-electron chi connectivity index (χ4n) is 3.32. The van der Waals surface area contributed by atoms with Crippen LogP contribution in [0.2, 0.25) is 0 Å². The Labute approximate surface area is 143 Å². The third kappa shape index (κ3) is 3.55. The number of aryl methyl sites for hydroxylation is 1. The van der Waals surface area contributed by atoms with Crippen molar-refractivity contribution >= 4 is 5.97 Å². The first-order valence-electron chi connectivity index (χ1n) is 8.50. The van der Waals surface area contributed by atoms with Crippen LogP contribution in [0.4, 0.5) is 8.78 Å². The molecule has 0 radical (unpaired) electrons. The molecule has 1 aromatic heterocycles. The Hall–Kier alpha value is -2.31. The summed E-state index contributed by atoms with van der Waals surface area (Å²) in [5.74, 6) is 1.15. The number of rotatable bonds is 6. The molecule has 1 atom stereocenters. The van der Waals surface area contributed by atoms with Gasteiger partial charge in [0.25, 0.3) is 6.43 Å². The maximum atomic E-state index is 12.1. The van der Waals surface area contributed by atoms with Crippen LogP contribution in [-0.4, -0.2) is 29.1 Å². The van der Waals surface area contributed by atoms with Crippen LogP contribution in [-0.2, 0) is 16.0 Å². The van der Waals surface area contributed by atoms with Crippen LogP contribution in [0.1, 0.15) is 54.5 Å². The Kier molecular flexibility index (Phi) is 4.23. The van der Waals surface area contributed by atoms with Gasteiger partial charge in [0.05, 0.1) is 6.42 Å². The number of halogens is 2. The number of aromatic nitrogens is 2. The molecule has 0 amide bonds. The number of alkyl halides is 2. The van der Waals surface area contributed by atoms with E-state index in [2.05, 4.69) is 14.9 Å². The van der Waals surface area contributed by atoms with Crippen LogP contribution in [0.15, 0.2) is 22.7 Å². The lowest BCUT2D eigenvalue weighted by Crippen LogP contribution is -2.13. The second-order valence-corrected chi connectivity index (χ2v) is 6.66. The summed E-state index contributed by atoms with van der Waals surface area (Å²) in [4.78, 5) is 16.1. The molecule has 1 aromatic carbocycles. The molecule has 0 aliphatic heterocycles. The van der Waals surface area contributed by atoms with Crippen molar-refractivity contribution in [1.29, 1.82) is 0 Å². The highest BCUT2D eigenvalue weighted by atomic mass is 19.3. The molecule has 2 aliphatic rings. The van der Waals surface area contributed by atoms with Gasteiger partial charge < -0.3 is 9.26 Å². The molecule has 2 aliphatic carbocycles. The number of benzene rings is 1. The average Bonchev–Trinajstić information content (AvgIpc) is 3.19. The molecule has 0 saturated heterocycles. The van der Waals surface area contributed by atoms with Crippen LogP contribution in [0.25, 0.3) is 11.4 Å². The molecule has 7 heteroatoms. The van der Waals surface area contributed by atoms with Crippen LogP contribution >= 0.6 is 0 Å². The van der Waals surface area contributed by atoms with Gasteiger partial charge in [0.15, 0.2) is 6.61 Å². The first-order valence-corrected chi connectivity index (χ1v) is 8.50.